The van der Waals surface area contributed by atoms with Crippen molar-refractivity contribution in [3.05, 3.63) is 29.8 Å². The number of nitrogens with zero attached hydrogens (tertiary/aromatic N) is 1. The van der Waals surface area contributed by atoms with Crippen molar-refractivity contribution in [2.45, 2.75) is 12.8 Å². The third-order valence-corrected chi connectivity index (χ3v) is 3.63. The first-order valence-corrected chi connectivity index (χ1v) is 6.76. The van der Waals surface area contributed by atoms with Crippen molar-refractivity contribution in [3.8, 4) is 0 Å². The minimum atomic E-state index is -0.764. The molecule has 1 heterocycles. The number of halogens is 2. The van der Waals surface area contributed by atoms with Crippen LogP contribution in [-0.2, 0) is 4.79 Å². The number of hydrogen-bond donors (Lipinski definition) is 2. The van der Waals surface area contributed by atoms with E-state index >= 15 is 0 Å². The summed E-state index contributed by atoms with van der Waals surface area (Å²) >= 11 is 0. The molecule has 1 amide bonds. The van der Waals surface area contributed by atoms with Gasteiger partial charge in [0, 0.05) is 0 Å². The number of para-hydroxylation sites is 1. The van der Waals surface area contributed by atoms with Gasteiger partial charge in [-0.2, -0.15) is 0 Å². The number of nitrogens with one attached hydrogen (secondary N) is 1. The van der Waals surface area contributed by atoms with E-state index in [-0.39, 0.29) is 12.2 Å². The van der Waals surface area contributed by atoms with Crippen molar-refractivity contribution in [2.24, 2.45) is 11.7 Å². The fraction of sp³-hybridized carbons (Fsp3) is 0.500. The number of anilines is 1. The van der Waals surface area contributed by atoms with E-state index in [9.17, 15) is 13.6 Å². The van der Waals surface area contributed by atoms with Crippen molar-refractivity contribution in [2.75, 3.05) is 31.5 Å². The van der Waals surface area contributed by atoms with Crippen LogP contribution in [0, 0.1) is 17.6 Å². The monoisotopic (exact) mass is 283 g/mol. The predicted molar refractivity (Wildman–Crippen MR) is 73.2 cm³/mol. The Hall–Kier alpha value is -1.53. The largest absolute Gasteiger partial charge is 0.330 e. The summed E-state index contributed by atoms with van der Waals surface area (Å²) in [5.74, 6) is -1.42. The molecule has 110 valence electrons. The number of amides is 1. The molecule has 1 aliphatic heterocycles. The maximum Gasteiger partial charge on any atom is 0.238 e. The van der Waals surface area contributed by atoms with Crippen LogP contribution in [0.3, 0.4) is 0 Å². The number of nitrogens with two attached hydrogens (primary N) is 1. The lowest BCUT2D eigenvalue weighted by atomic mass is 9.97. The molecule has 4 nitrogen and oxygen atoms in total. The van der Waals surface area contributed by atoms with Gasteiger partial charge in [-0.3, -0.25) is 9.69 Å². The van der Waals surface area contributed by atoms with Crippen LogP contribution >= 0.6 is 0 Å². The Labute approximate surface area is 116 Å². The Morgan fingerprint density at radius 2 is 1.90 bits per heavy atom. The number of carbonyl (C=O) groups is 1. The quantitative estimate of drug-likeness (QED) is 0.882. The Balaban J connectivity index is 1.87. The third kappa shape index (κ3) is 3.74. The zero-order valence-corrected chi connectivity index (χ0v) is 11.2. The fourth-order valence-corrected chi connectivity index (χ4v) is 2.38. The first kappa shape index (κ1) is 14.9. The van der Waals surface area contributed by atoms with Crippen LogP contribution in [-0.4, -0.2) is 37.0 Å². The van der Waals surface area contributed by atoms with E-state index in [0.29, 0.717) is 12.5 Å². The summed E-state index contributed by atoms with van der Waals surface area (Å²) in [7, 11) is 0. The van der Waals surface area contributed by atoms with Gasteiger partial charge in [0.05, 0.1) is 6.54 Å². The molecule has 0 radical (unpaired) electrons. The summed E-state index contributed by atoms with van der Waals surface area (Å²) in [6.07, 6.45) is 1.91. The smallest absolute Gasteiger partial charge is 0.238 e. The Bertz CT molecular complexity index is 453. The van der Waals surface area contributed by atoms with E-state index < -0.39 is 17.5 Å². The summed E-state index contributed by atoms with van der Waals surface area (Å²) in [5.41, 5.74) is 5.22. The molecule has 0 unspecified atom stereocenters. The summed E-state index contributed by atoms with van der Waals surface area (Å²) in [4.78, 5) is 13.8. The molecule has 1 aromatic carbocycles. The van der Waals surface area contributed by atoms with Crippen molar-refractivity contribution < 1.29 is 13.6 Å². The van der Waals surface area contributed by atoms with Gasteiger partial charge >= 0.3 is 0 Å². The fourth-order valence-electron chi connectivity index (χ4n) is 2.38. The molecule has 0 spiro atoms. The number of piperidine rings is 1. The summed E-state index contributed by atoms with van der Waals surface area (Å²) < 4.78 is 26.8. The molecular weight excluding hydrogens is 264 g/mol. The molecule has 0 saturated carbocycles. The van der Waals surface area contributed by atoms with E-state index in [2.05, 4.69) is 5.32 Å². The minimum Gasteiger partial charge on any atom is -0.330 e. The van der Waals surface area contributed by atoms with E-state index in [0.717, 1.165) is 38.1 Å². The molecule has 1 fully saturated rings. The summed E-state index contributed by atoms with van der Waals surface area (Å²) in [6.45, 7) is 2.38. The second-order valence-corrected chi connectivity index (χ2v) is 5.10. The van der Waals surface area contributed by atoms with E-state index in [1.165, 1.54) is 6.07 Å². The van der Waals surface area contributed by atoms with Gasteiger partial charge in [-0.05, 0) is 50.5 Å². The van der Waals surface area contributed by atoms with Crippen molar-refractivity contribution >= 4 is 11.6 Å². The van der Waals surface area contributed by atoms with Crippen LogP contribution in [0.2, 0.25) is 0 Å². The van der Waals surface area contributed by atoms with Gasteiger partial charge in [0.2, 0.25) is 5.91 Å². The van der Waals surface area contributed by atoms with Gasteiger partial charge in [-0.15, -0.1) is 0 Å². The Kier molecular flexibility index (Phi) is 5.03. The number of likely N-dealkylation sites (tertiary alicyclic amines) is 1. The molecule has 20 heavy (non-hydrogen) atoms. The molecule has 0 aliphatic carbocycles. The maximum absolute atomic E-state index is 13.4. The molecule has 3 N–H and O–H groups in total. The highest BCUT2D eigenvalue weighted by Crippen LogP contribution is 2.19. The topological polar surface area (TPSA) is 58.4 Å². The van der Waals surface area contributed by atoms with E-state index in [4.69, 9.17) is 5.73 Å². The summed E-state index contributed by atoms with van der Waals surface area (Å²) in [6, 6.07) is 3.49. The molecule has 1 saturated heterocycles. The SMILES string of the molecule is NCC1CCN(CC(=O)Nc2c(F)cccc2F)CC1. The normalized spacial score (nSPS) is 17.1. The summed E-state index contributed by atoms with van der Waals surface area (Å²) in [5, 5.41) is 2.30. The second-order valence-electron chi connectivity index (χ2n) is 5.10. The van der Waals surface area contributed by atoms with Crippen LogP contribution < -0.4 is 11.1 Å². The van der Waals surface area contributed by atoms with Crippen LogP contribution in [0.4, 0.5) is 14.5 Å². The number of benzene rings is 1. The number of rotatable bonds is 4. The van der Waals surface area contributed by atoms with Crippen molar-refractivity contribution in [1.29, 1.82) is 0 Å². The Morgan fingerprint density at radius 1 is 1.30 bits per heavy atom. The highest BCUT2D eigenvalue weighted by Gasteiger charge is 2.20. The first-order chi connectivity index (χ1) is 9.60. The molecule has 0 aromatic heterocycles. The lowest BCUT2D eigenvalue weighted by molar-refractivity contribution is -0.117. The van der Waals surface area contributed by atoms with Crippen LogP contribution in [0.5, 0.6) is 0 Å². The highest BCUT2D eigenvalue weighted by molar-refractivity contribution is 5.92. The molecule has 6 heteroatoms. The van der Waals surface area contributed by atoms with E-state index in [1.807, 2.05) is 4.90 Å². The van der Waals surface area contributed by atoms with Gasteiger partial charge in [-0.25, -0.2) is 8.78 Å². The highest BCUT2D eigenvalue weighted by atomic mass is 19.1. The van der Waals surface area contributed by atoms with Crippen LogP contribution in [0.15, 0.2) is 18.2 Å². The van der Waals surface area contributed by atoms with Gasteiger partial charge in [-0.1, -0.05) is 6.07 Å². The Morgan fingerprint density at radius 3 is 2.45 bits per heavy atom. The molecule has 0 bridgehead atoms. The number of carbonyl (C=O) groups excluding carboxylic acids is 1. The first-order valence-electron chi connectivity index (χ1n) is 6.76. The molecule has 1 aliphatic rings. The number of hydrogen-bond acceptors (Lipinski definition) is 3. The van der Waals surface area contributed by atoms with E-state index in [1.54, 1.807) is 0 Å². The zero-order valence-electron chi connectivity index (χ0n) is 11.2. The lowest BCUT2D eigenvalue weighted by Gasteiger charge is -2.30. The average molecular weight is 283 g/mol. The third-order valence-electron chi connectivity index (χ3n) is 3.63. The van der Waals surface area contributed by atoms with Gasteiger partial charge in [0.1, 0.15) is 17.3 Å². The van der Waals surface area contributed by atoms with Crippen LogP contribution in [0.25, 0.3) is 0 Å². The predicted octanol–water partition coefficient (Wildman–Crippen LogP) is 1.57. The lowest BCUT2D eigenvalue weighted by Crippen LogP contribution is -2.40. The van der Waals surface area contributed by atoms with Crippen LogP contribution in [0.1, 0.15) is 12.8 Å². The second kappa shape index (κ2) is 6.76. The van der Waals surface area contributed by atoms with Gasteiger partial charge < -0.3 is 11.1 Å². The van der Waals surface area contributed by atoms with Gasteiger partial charge in [0.25, 0.3) is 0 Å². The molecule has 2 rings (SSSR count). The van der Waals surface area contributed by atoms with Crippen molar-refractivity contribution in [1.82, 2.24) is 4.90 Å². The molecular formula is C14H19F2N3O. The molecule has 1 aromatic rings. The average Bonchev–Trinajstić information content (AvgIpc) is 2.44. The maximum atomic E-state index is 13.4. The standard InChI is InChI=1S/C14H19F2N3O/c15-11-2-1-3-12(16)14(11)18-13(20)9-19-6-4-10(8-17)5-7-19/h1-3,10H,4-9,17H2,(H,18,20). The van der Waals surface area contributed by atoms with Gasteiger partial charge in [0.15, 0.2) is 0 Å². The molecule has 0 atom stereocenters. The van der Waals surface area contributed by atoms with Crippen molar-refractivity contribution in [3.63, 3.8) is 0 Å². The minimum absolute atomic E-state index is 0.144. The zero-order chi connectivity index (χ0) is 14.5.